The van der Waals surface area contributed by atoms with Crippen molar-refractivity contribution in [3.63, 3.8) is 0 Å². The molecule has 1 aliphatic carbocycles. The normalized spacial score (nSPS) is 20.3. The van der Waals surface area contributed by atoms with Crippen molar-refractivity contribution in [2.24, 2.45) is 0 Å². The molecular formula is C16H13F3N2O2. The Hall–Kier alpha value is -2.57. The number of carbonyl (C=O) groups is 2. The van der Waals surface area contributed by atoms with E-state index in [2.05, 4.69) is 5.32 Å². The van der Waals surface area contributed by atoms with Crippen LogP contribution in [0.3, 0.4) is 0 Å². The number of allylic oxidation sites excluding steroid dienone is 2. The molecule has 0 saturated heterocycles. The molecule has 1 heterocycles. The third kappa shape index (κ3) is 2.86. The molecule has 120 valence electrons. The highest BCUT2D eigenvalue weighted by Gasteiger charge is 2.41. The summed E-state index contributed by atoms with van der Waals surface area (Å²) in [5.41, 5.74) is 0.273. The second-order valence-electron chi connectivity index (χ2n) is 5.32. The number of urea groups is 1. The predicted octanol–water partition coefficient (Wildman–Crippen LogP) is 3.10. The molecule has 1 aliphatic heterocycles. The van der Waals surface area contributed by atoms with Crippen molar-refractivity contribution in [3.05, 3.63) is 53.6 Å². The summed E-state index contributed by atoms with van der Waals surface area (Å²) in [6.45, 7) is 0. The van der Waals surface area contributed by atoms with E-state index in [4.69, 9.17) is 0 Å². The van der Waals surface area contributed by atoms with E-state index in [1.54, 1.807) is 30.3 Å². The van der Waals surface area contributed by atoms with Gasteiger partial charge in [-0.15, -0.1) is 0 Å². The molecular weight excluding hydrogens is 309 g/mol. The Bertz CT molecular complexity index is 722. The first-order valence-corrected chi connectivity index (χ1v) is 7.03. The molecule has 7 heteroatoms. The van der Waals surface area contributed by atoms with Gasteiger partial charge >= 0.3 is 12.2 Å². The average molecular weight is 322 g/mol. The molecule has 0 radical (unpaired) electrons. The van der Waals surface area contributed by atoms with E-state index in [1.165, 1.54) is 6.08 Å². The summed E-state index contributed by atoms with van der Waals surface area (Å²) in [7, 11) is 0. The van der Waals surface area contributed by atoms with Crippen molar-refractivity contribution in [1.29, 1.82) is 0 Å². The number of carbonyl (C=O) groups excluding carboxylic acids is 2. The fraction of sp³-hybridized carbons (Fsp3) is 0.250. The number of benzene rings is 1. The molecule has 23 heavy (non-hydrogen) atoms. The van der Waals surface area contributed by atoms with Gasteiger partial charge in [0.2, 0.25) is 5.91 Å². The number of rotatable bonds is 1. The summed E-state index contributed by atoms with van der Waals surface area (Å²) in [6, 6.07) is 4.68. The van der Waals surface area contributed by atoms with Crippen LogP contribution in [0.15, 0.2) is 48.1 Å². The Labute approximate surface area is 130 Å². The van der Waals surface area contributed by atoms with E-state index in [0.29, 0.717) is 11.3 Å². The van der Waals surface area contributed by atoms with Crippen LogP contribution in [0, 0.1) is 0 Å². The minimum atomic E-state index is -4.53. The zero-order valence-electron chi connectivity index (χ0n) is 11.9. The van der Waals surface area contributed by atoms with Crippen molar-refractivity contribution in [2.45, 2.75) is 25.1 Å². The number of nitrogens with one attached hydrogen (secondary N) is 1. The first-order valence-electron chi connectivity index (χ1n) is 7.03. The number of anilines is 1. The van der Waals surface area contributed by atoms with Crippen LogP contribution in [0.1, 0.15) is 12.0 Å². The molecule has 0 aromatic heterocycles. The zero-order chi connectivity index (χ0) is 16.6. The van der Waals surface area contributed by atoms with Gasteiger partial charge in [-0.1, -0.05) is 36.4 Å². The average Bonchev–Trinajstić information content (AvgIpc) is 2.82. The van der Waals surface area contributed by atoms with Crippen LogP contribution >= 0.6 is 0 Å². The lowest BCUT2D eigenvalue weighted by molar-refractivity contribution is -0.116. The molecule has 0 bridgehead atoms. The number of hydrogen-bond acceptors (Lipinski definition) is 2. The molecule has 0 saturated carbocycles. The van der Waals surface area contributed by atoms with Crippen molar-refractivity contribution in [3.8, 4) is 0 Å². The molecule has 3 amide bonds. The maximum atomic E-state index is 13.0. The minimum absolute atomic E-state index is 0.0285. The molecule has 1 aromatic rings. The lowest BCUT2D eigenvalue weighted by Gasteiger charge is -2.26. The van der Waals surface area contributed by atoms with E-state index in [-0.39, 0.29) is 12.8 Å². The second kappa shape index (κ2) is 5.57. The fourth-order valence-corrected chi connectivity index (χ4v) is 2.75. The standard InChI is InChI=1S/C16H13F3N2O2/c17-16(18,19)11-6-2-3-7-12(11)20-15(23)21-13-8-4-1-5-10(13)9-14(21)22/h1-6,8,12H,7,9H2,(H,20,23). The first-order chi connectivity index (χ1) is 10.9. The van der Waals surface area contributed by atoms with E-state index in [0.717, 1.165) is 11.0 Å². The van der Waals surface area contributed by atoms with Crippen LogP contribution in [0.5, 0.6) is 0 Å². The van der Waals surface area contributed by atoms with Gasteiger partial charge in [-0.3, -0.25) is 4.79 Å². The van der Waals surface area contributed by atoms with Crippen LogP contribution in [0.2, 0.25) is 0 Å². The third-order valence-corrected chi connectivity index (χ3v) is 3.81. The molecule has 0 spiro atoms. The van der Waals surface area contributed by atoms with Crippen LogP contribution in [0.4, 0.5) is 23.7 Å². The Morgan fingerprint density at radius 1 is 1.26 bits per heavy atom. The molecule has 1 N–H and O–H groups in total. The number of alkyl halides is 3. The molecule has 1 aromatic carbocycles. The van der Waals surface area contributed by atoms with Crippen molar-refractivity contribution >= 4 is 17.6 Å². The van der Waals surface area contributed by atoms with Crippen molar-refractivity contribution in [1.82, 2.24) is 5.32 Å². The van der Waals surface area contributed by atoms with Gasteiger partial charge in [0.15, 0.2) is 0 Å². The van der Waals surface area contributed by atoms with Gasteiger partial charge in [0.1, 0.15) is 0 Å². The predicted molar refractivity (Wildman–Crippen MR) is 77.8 cm³/mol. The fourth-order valence-electron chi connectivity index (χ4n) is 2.75. The van der Waals surface area contributed by atoms with Crippen LogP contribution in [-0.4, -0.2) is 24.2 Å². The van der Waals surface area contributed by atoms with E-state index < -0.39 is 29.7 Å². The quantitative estimate of drug-likeness (QED) is 0.864. The van der Waals surface area contributed by atoms with Gasteiger partial charge < -0.3 is 5.32 Å². The highest BCUT2D eigenvalue weighted by molar-refractivity contribution is 6.18. The maximum Gasteiger partial charge on any atom is 0.414 e. The first kappa shape index (κ1) is 15.3. The zero-order valence-corrected chi connectivity index (χ0v) is 11.9. The molecule has 3 rings (SSSR count). The van der Waals surface area contributed by atoms with E-state index >= 15 is 0 Å². The Balaban J connectivity index is 1.81. The summed E-state index contributed by atoms with van der Waals surface area (Å²) in [5, 5.41) is 2.32. The summed E-state index contributed by atoms with van der Waals surface area (Å²) in [4.78, 5) is 25.2. The number of para-hydroxylation sites is 1. The summed E-state index contributed by atoms with van der Waals surface area (Å²) < 4.78 is 39.0. The Morgan fingerprint density at radius 3 is 2.74 bits per heavy atom. The third-order valence-electron chi connectivity index (χ3n) is 3.81. The largest absolute Gasteiger partial charge is 0.414 e. The molecule has 1 unspecified atom stereocenters. The number of fused-ring (bicyclic) bond motifs is 1. The Morgan fingerprint density at radius 2 is 2.00 bits per heavy atom. The smallest absolute Gasteiger partial charge is 0.330 e. The topological polar surface area (TPSA) is 49.4 Å². The monoisotopic (exact) mass is 322 g/mol. The van der Waals surface area contributed by atoms with Gasteiger partial charge in [-0.25, -0.2) is 9.69 Å². The second-order valence-corrected chi connectivity index (χ2v) is 5.32. The lowest BCUT2D eigenvalue weighted by Crippen LogP contribution is -2.48. The Kier molecular flexibility index (Phi) is 3.71. The van der Waals surface area contributed by atoms with E-state index in [9.17, 15) is 22.8 Å². The van der Waals surface area contributed by atoms with Gasteiger partial charge in [-0.2, -0.15) is 13.2 Å². The van der Waals surface area contributed by atoms with Gasteiger partial charge in [0.25, 0.3) is 0 Å². The van der Waals surface area contributed by atoms with Crippen molar-refractivity contribution in [2.75, 3.05) is 4.90 Å². The summed E-state index contributed by atoms with van der Waals surface area (Å²) in [6.07, 6.45) is -0.650. The minimum Gasteiger partial charge on any atom is -0.330 e. The highest BCUT2D eigenvalue weighted by Crippen LogP contribution is 2.33. The van der Waals surface area contributed by atoms with E-state index in [1.807, 2.05) is 0 Å². The molecule has 0 fully saturated rings. The van der Waals surface area contributed by atoms with Crippen LogP contribution < -0.4 is 10.2 Å². The molecule has 2 aliphatic rings. The van der Waals surface area contributed by atoms with Crippen molar-refractivity contribution < 1.29 is 22.8 Å². The summed E-state index contributed by atoms with van der Waals surface area (Å²) in [5.74, 6) is -0.451. The lowest BCUT2D eigenvalue weighted by atomic mass is 9.98. The van der Waals surface area contributed by atoms with Gasteiger partial charge in [-0.05, 0) is 18.1 Å². The van der Waals surface area contributed by atoms with Crippen LogP contribution in [-0.2, 0) is 11.2 Å². The maximum absolute atomic E-state index is 13.0. The van der Waals surface area contributed by atoms with Gasteiger partial charge in [0, 0.05) is 0 Å². The highest BCUT2D eigenvalue weighted by atomic mass is 19.4. The number of halogens is 3. The number of hydrogen-bond donors (Lipinski definition) is 1. The summed E-state index contributed by atoms with van der Waals surface area (Å²) >= 11 is 0. The number of amides is 3. The van der Waals surface area contributed by atoms with Gasteiger partial charge in [0.05, 0.1) is 23.7 Å². The SMILES string of the molecule is O=C1Cc2ccccc2N1C(=O)NC1CC=CC=C1C(F)(F)F. The number of nitrogens with zero attached hydrogens (tertiary/aromatic N) is 1. The number of imide groups is 1. The molecule has 4 nitrogen and oxygen atoms in total. The molecule has 1 atom stereocenters. The van der Waals surface area contributed by atoms with Crippen LogP contribution in [0.25, 0.3) is 0 Å².